The summed E-state index contributed by atoms with van der Waals surface area (Å²) in [5, 5.41) is 2.47. The highest BCUT2D eigenvalue weighted by molar-refractivity contribution is 5.81. The van der Waals surface area contributed by atoms with Crippen LogP contribution in [0.4, 0.5) is 8.78 Å². The number of nitrogens with two attached hydrogens (primary N) is 1. The molecule has 0 aliphatic heterocycles. The largest absolute Gasteiger partial charge is 0.374 e. The third-order valence-electron chi connectivity index (χ3n) is 1.57. The van der Waals surface area contributed by atoms with Gasteiger partial charge < -0.3 is 15.8 Å². The van der Waals surface area contributed by atoms with Gasteiger partial charge in [-0.3, -0.25) is 4.79 Å². The fraction of sp³-hybridized carbons (Fsp3) is 0.875. The molecule has 0 bridgehead atoms. The number of alkyl halides is 2. The quantitative estimate of drug-likeness (QED) is 0.587. The second kappa shape index (κ2) is 7.64. The lowest BCUT2D eigenvalue weighted by Gasteiger charge is -2.09. The third kappa shape index (κ3) is 6.73. The van der Waals surface area contributed by atoms with Gasteiger partial charge in [0.25, 0.3) is 6.43 Å². The number of rotatable bonds is 7. The van der Waals surface area contributed by atoms with Crippen LogP contribution >= 0.6 is 0 Å². The zero-order chi connectivity index (χ0) is 11.0. The van der Waals surface area contributed by atoms with Crippen LogP contribution in [0.25, 0.3) is 0 Å². The summed E-state index contributed by atoms with van der Waals surface area (Å²) in [6.45, 7) is 1.47. The zero-order valence-corrected chi connectivity index (χ0v) is 8.13. The highest BCUT2D eigenvalue weighted by Crippen LogP contribution is 1.91. The van der Waals surface area contributed by atoms with Gasteiger partial charge in [-0.05, 0) is 6.42 Å². The molecular formula is C8H16F2N2O2. The van der Waals surface area contributed by atoms with Crippen molar-refractivity contribution in [3.8, 4) is 0 Å². The van der Waals surface area contributed by atoms with Crippen LogP contribution in [0.3, 0.4) is 0 Å². The molecule has 0 spiro atoms. The van der Waals surface area contributed by atoms with Crippen LogP contribution < -0.4 is 11.1 Å². The Balaban J connectivity index is 3.32. The molecule has 0 aromatic rings. The minimum atomic E-state index is -2.47. The lowest BCUT2D eigenvalue weighted by atomic mass is 10.2. The first kappa shape index (κ1) is 13.2. The molecule has 0 rings (SSSR count). The molecule has 4 nitrogen and oxygen atoms in total. The average Bonchev–Trinajstić information content (AvgIpc) is 2.15. The van der Waals surface area contributed by atoms with Crippen molar-refractivity contribution in [2.45, 2.75) is 25.8 Å². The van der Waals surface area contributed by atoms with E-state index in [0.717, 1.165) is 0 Å². The Kier molecular flexibility index (Phi) is 7.23. The normalized spacial score (nSPS) is 12.9. The van der Waals surface area contributed by atoms with Crippen LogP contribution in [0.5, 0.6) is 0 Å². The van der Waals surface area contributed by atoms with E-state index < -0.39 is 19.1 Å². The highest BCUT2D eigenvalue weighted by atomic mass is 19.3. The van der Waals surface area contributed by atoms with E-state index in [1.165, 1.54) is 0 Å². The molecular weight excluding hydrogens is 194 g/mol. The van der Waals surface area contributed by atoms with E-state index >= 15 is 0 Å². The predicted molar refractivity (Wildman–Crippen MR) is 48.1 cm³/mol. The van der Waals surface area contributed by atoms with Gasteiger partial charge in [-0.2, -0.15) is 0 Å². The maximum atomic E-state index is 11.6. The summed E-state index contributed by atoms with van der Waals surface area (Å²) in [4.78, 5) is 11.0. The van der Waals surface area contributed by atoms with Crippen molar-refractivity contribution in [2.75, 3.05) is 19.8 Å². The van der Waals surface area contributed by atoms with Crippen LogP contribution in [-0.2, 0) is 9.53 Å². The SMILES string of the molecule is CC[C@@H](N)C(=O)NCCOCC(F)F. The van der Waals surface area contributed by atoms with Crippen LogP contribution in [0, 0.1) is 0 Å². The second-order valence-electron chi connectivity index (χ2n) is 2.77. The molecule has 0 unspecified atom stereocenters. The molecule has 1 atom stereocenters. The Morgan fingerprint density at radius 1 is 1.57 bits per heavy atom. The van der Waals surface area contributed by atoms with Crippen molar-refractivity contribution in [3.63, 3.8) is 0 Å². The molecule has 3 N–H and O–H groups in total. The van der Waals surface area contributed by atoms with Gasteiger partial charge in [0, 0.05) is 6.54 Å². The van der Waals surface area contributed by atoms with Crippen LogP contribution in [0.2, 0.25) is 0 Å². The summed E-state index contributed by atoms with van der Waals surface area (Å²) in [6, 6.07) is -0.537. The van der Waals surface area contributed by atoms with Gasteiger partial charge in [-0.1, -0.05) is 6.92 Å². The molecule has 14 heavy (non-hydrogen) atoms. The minimum Gasteiger partial charge on any atom is -0.374 e. The molecule has 0 heterocycles. The van der Waals surface area contributed by atoms with Crippen LogP contribution in [0.15, 0.2) is 0 Å². The van der Waals surface area contributed by atoms with Crippen molar-refractivity contribution >= 4 is 5.91 Å². The first-order chi connectivity index (χ1) is 6.57. The van der Waals surface area contributed by atoms with Gasteiger partial charge in [0.2, 0.25) is 5.91 Å². The summed E-state index contributed by atoms with van der Waals surface area (Å²) in [7, 11) is 0. The molecule has 0 saturated carbocycles. The Labute approximate surface area is 81.8 Å². The van der Waals surface area contributed by atoms with Crippen LogP contribution in [0.1, 0.15) is 13.3 Å². The first-order valence-electron chi connectivity index (χ1n) is 4.47. The second-order valence-corrected chi connectivity index (χ2v) is 2.77. The minimum absolute atomic E-state index is 0.0759. The standard InChI is InChI=1S/C8H16F2N2O2/c1-2-6(11)8(13)12-3-4-14-5-7(9)10/h6-7H,2-5,11H2,1H3,(H,12,13)/t6-/m1/s1. The van der Waals surface area contributed by atoms with Crippen LogP contribution in [-0.4, -0.2) is 38.1 Å². The van der Waals surface area contributed by atoms with E-state index in [1.54, 1.807) is 6.92 Å². The lowest BCUT2D eigenvalue weighted by molar-refractivity contribution is -0.122. The summed E-state index contributed by atoms with van der Waals surface area (Å²) in [6.07, 6.45) is -1.92. The number of amides is 1. The molecule has 0 aliphatic rings. The average molecular weight is 210 g/mol. The Hall–Kier alpha value is -0.750. The third-order valence-corrected chi connectivity index (χ3v) is 1.57. The van der Waals surface area contributed by atoms with E-state index in [9.17, 15) is 13.6 Å². The Morgan fingerprint density at radius 3 is 2.71 bits per heavy atom. The van der Waals surface area contributed by atoms with Gasteiger partial charge in [0.1, 0.15) is 6.61 Å². The molecule has 0 saturated heterocycles. The highest BCUT2D eigenvalue weighted by Gasteiger charge is 2.09. The summed E-state index contributed by atoms with van der Waals surface area (Å²) in [5.74, 6) is -0.284. The van der Waals surface area contributed by atoms with Crippen molar-refractivity contribution in [3.05, 3.63) is 0 Å². The van der Waals surface area contributed by atoms with Gasteiger partial charge >= 0.3 is 0 Å². The van der Waals surface area contributed by atoms with Gasteiger partial charge in [-0.25, -0.2) is 8.78 Å². The predicted octanol–water partition coefficient (Wildman–Crippen LogP) is 0.122. The molecule has 0 aromatic carbocycles. The number of carbonyl (C=O) groups excluding carboxylic acids is 1. The van der Waals surface area contributed by atoms with E-state index in [1.807, 2.05) is 0 Å². The molecule has 6 heteroatoms. The molecule has 0 radical (unpaired) electrons. The topological polar surface area (TPSA) is 64.4 Å². The van der Waals surface area contributed by atoms with E-state index in [2.05, 4.69) is 10.1 Å². The number of ether oxygens (including phenoxy) is 1. The number of hydrogen-bond acceptors (Lipinski definition) is 3. The van der Waals surface area contributed by atoms with Gasteiger partial charge in [0.15, 0.2) is 0 Å². The summed E-state index contributed by atoms with van der Waals surface area (Å²) < 4.78 is 27.7. The monoisotopic (exact) mass is 210 g/mol. The van der Waals surface area contributed by atoms with Crippen molar-refractivity contribution in [2.24, 2.45) is 5.73 Å². The summed E-state index contributed by atoms with van der Waals surface area (Å²) in [5.41, 5.74) is 5.41. The number of hydrogen-bond donors (Lipinski definition) is 2. The lowest BCUT2D eigenvalue weighted by Crippen LogP contribution is -2.41. The maximum absolute atomic E-state index is 11.6. The smallest absolute Gasteiger partial charge is 0.261 e. The zero-order valence-electron chi connectivity index (χ0n) is 8.13. The maximum Gasteiger partial charge on any atom is 0.261 e. The van der Waals surface area contributed by atoms with E-state index in [-0.39, 0.29) is 19.1 Å². The fourth-order valence-electron chi connectivity index (χ4n) is 0.735. The molecule has 0 aliphatic carbocycles. The van der Waals surface area contributed by atoms with Crippen molar-refractivity contribution in [1.82, 2.24) is 5.32 Å². The van der Waals surface area contributed by atoms with Crippen molar-refractivity contribution in [1.29, 1.82) is 0 Å². The molecule has 0 aromatic heterocycles. The molecule has 0 fully saturated rings. The number of carbonyl (C=O) groups is 1. The van der Waals surface area contributed by atoms with E-state index in [0.29, 0.717) is 6.42 Å². The fourth-order valence-corrected chi connectivity index (χ4v) is 0.735. The van der Waals surface area contributed by atoms with Gasteiger partial charge in [-0.15, -0.1) is 0 Å². The van der Waals surface area contributed by atoms with Gasteiger partial charge in [0.05, 0.1) is 12.6 Å². The first-order valence-corrected chi connectivity index (χ1v) is 4.47. The van der Waals surface area contributed by atoms with Crippen molar-refractivity contribution < 1.29 is 18.3 Å². The molecule has 84 valence electrons. The van der Waals surface area contributed by atoms with E-state index in [4.69, 9.17) is 5.73 Å². The summed E-state index contributed by atoms with van der Waals surface area (Å²) >= 11 is 0. The number of halogens is 2. The number of nitrogens with one attached hydrogen (secondary N) is 1. The molecule has 1 amide bonds. The Bertz CT molecular complexity index is 167. The Morgan fingerprint density at radius 2 is 2.21 bits per heavy atom.